The summed E-state index contributed by atoms with van der Waals surface area (Å²) in [6, 6.07) is -0.957. The molecule has 2 amide bonds. The number of esters is 1. The number of aromatic nitrogens is 1. The zero-order chi connectivity index (χ0) is 15.6. The standard InChI is InChI=1S/C14H21N3O3S/c1-8(11-16-9(2)6-21-11)5-15-13(19)17-10-12(18)20-7-14(10,3)4/h6,8,10H,5,7H2,1-4H3,(H2,15,17,19). The molecule has 1 fully saturated rings. The molecule has 2 rings (SSSR count). The molecule has 0 radical (unpaired) electrons. The summed E-state index contributed by atoms with van der Waals surface area (Å²) < 4.78 is 4.99. The van der Waals surface area contributed by atoms with Crippen LogP contribution in [0.25, 0.3) is 0 Å². The Morgan fingerprint density at radius 3 is 2.86 bits per heavy atom. The zero-order valence-electron chi connectivity index (χ0n) is 12.7. The van der Waals surface area contributed by atoms with E-state index in [4.69, 9.17) is 4.74 Å². The molecule has 2 atom stereocenters. The zero-order valence-corrected chi connectivity index (χ0v) is 13.5. The number of hydrogen-bond donors (Lipinski definition) is 2. The van der Waals surface area contributed by atoms with Crippen LogP contribution in [0.3, 0.4) is 0 Å². The topological polar surface area (TPSA) is 80.3 Å². The smallest absolute Gasteiger partial charge is 0.329 e. The fraction of sp³-hybridized carbons (Fsp3) is 0.643. The van der Waals surface area contributed by atoms with Crippen LogP contribution in [0.2, 0.25) is 0 Å². The van der Waals surface area contributed by atoms with Crippen molar-refractivity contribution in [2.24, 2.45) is 5.41 Å². The molecule has 6 nitrogen and oxygen atoms in total. The second-order valence-corrected chi connectivity index (χ2v) is 7.00. The Morgan fingerprint density at radius 2 is 2.33 bits per heavy atom. The average Bonchev–Trinajstić information content (AvgIpc) is 2.95. The Balaban J connectivity index is 1.84. The number of thiazole rings is 1. The van der Waals surface area contributed by atoms with Gasteiger partial charge >= 0.3 is 12.0 Å². The van der Waals surface area contributed by atoms with Crippen LogP contribution < -0.4 is 10.6 Å². The SMILES string of the molecule is Cc1csc(C(C)CNC(=O)NC2C(=O)OCC2(C)C)n1. The minimum atomic E-state index is -0.602. The summed E-state index contributed by atoms with van der Waals surface area (Å²) in [6.07, 6.45) is 0. The van der Waals surface area contributed by atoms with Crippen molar-refractivity contribution in [3.05, 3.63) is 16.1 Å². The van der Waals surface area contributed by atoms with E-state index in [1.54, 1.807) is 11.3 Å². The number of amides is 2. The lowest BCUT2D eigenvalue weighted by Gasteiger charge is -2.23. The predicted octanol–water partition coefficient (Wildman–Crippen LogP) is 1.81. The second-order valence-electron chi connectivity index (χ2n) is 6.11. The fourth-order valence-corrected chi connectivity index (χ4v) is 2.97. The molecule has 1 aliphatic heterocycles. The van der Waals surface area contributed by atoms with Gasteiger partial charge in [0.05, 0.1) is 11.6 Å². The van der Waals surface area contributed by atoms with Crippen LogP contribution in [0.15, 0.2) is 5.38 Å². The van der Waals surface area contributed by atoms with Crippen LogP contribution in [0.5, 0.6) is 0 Å². The largest absolute Gasteiger partial charge is 0.463 e. The van der Waals surface area contributed by atoms with Crippen molar-refractivity contribution < 1.29 is 14.3 Å². The molecule has 21 heavy (non-hydrogen) atoms. The van der Waals surface area contributed by atoms with Gasteiger partial charge in [0.2, 0.25) is 0 Å². The molecule has 116 valence electrons. The number of nitrogens with one attached hydrogen (secondary N) is 2. The van der Waals surface area contributed by atoms with Gasteiger partial charge in [-0.3, -0.25) is 0 Å². The Kier molecular flexibility index (Phi) is 4.51. The number of urea groups is 1. The van der Waals surface area contributed by atoms with E-state index in [1.807, 2.05) is 33.1 Å². The van der Waals surface area contributed by atoms with Gasteiger partial charge in [-0.15, -0.1) is 11.3 Å². The van der Waals surface area contributed by atoms with E-state index in [2.05, 4.69) is 15.6 Å². The third kappa shape index (κ3) is 3.72. The fourth-order valence-electron chi connectivity index (χ4n) is 2.11. The number of ether oxygens (including phenoxy) is 1. The summed E-state index contributed by atoms with van der Waals surface area (Å²) >= 11 is 1.59. The molecule has 2 unspecified atom stereocenters. The van der Waals surface area contributed by atoms with E-state index in [9.17, 15) is 9.59 Å². The van der Waals surface area contributed by atoms with Crippen molar-refractivity contribution in [2.45, 2.75) is 39.7 Å². The lowest BCUT2D eigenvalue weighted by Crippen LogP contribution is -2.50. The molecule has 2 N–H and O–H groups in total. The summed E-state index contributed by atoms with van der Waals surface area (Å²) in [6.45, 7) is 8.53. The van der Waals surface area contributed by atoms with Gasteiger partial charge in [-0.25, -0.2) is 14.6 Å². The van der Waals surface area contributed by atoms with Gasteiger partial charge in [0.25, 0.3) is 0 Å². The quantitative estimate of drug-likeness (QED) is 0.831. The van der Waals surface area contributed by atoms with E-state index in [0.29, 0.717) is 13.2 Å². The van der Waals surface area contributed by atoms with Crippen LogP contribution in [0.1, 0.15) is 37.4 Å². The molecule has 0 aromatic carbocycles. The van der Waals surface area contributed by atoms with Crippen molar-refractivity contribution in [1.29, 1.82) is 0 Å². The highest BCUT2D eigenvalue weighted by atomic mass is 32.1. The van der Waals surface area contributed by atoms with Crippen LogP contribution in [0.4, 0.5) is 4.79 Å². The first-order chi connectivity index (χ1) is 9.79. The van der Waals surface area contributed by atoms with Crippen molar-refractivity contribution >= 4 is 23.3 Å². The van der Waals surface area contributed by atoms with E-state index in [0.717, 1.165) is 10.7 Å². The Bertz CT molecular complexity index is 541. The molecule has 2 heterocycles. The third-order valence-electron chi connectivity index (χ3n) is 3.51. The van der Waals surface area contributed by atoms with Gasteiger partial charge in [0, 0.05) is 29.0 Å². The normalized spacial score (nSPS) is 21.7. The molecule has 0 bridgehead atoms. The highest BCUT2D eigenvalue weighted by molar-refractivity contribution is 7.09. The molecule has 0 aliphatic carbocycles. The van der Waals surface area contributed by atoms with E-state index < -0.39 is 6.04 Å². The maximum Gasteiger partial charge on any atom is 0.329 e. The number of carbonyl (C=O) groups is 2. The summed E-state index contributed by atoms with van der Waals surface area (Å²) in [5, 5.41) is 8.46. The maximum absolute atomic E-state index is 11.9. The highest BCUT2D eigenvalue weighted by Gasteiger charge is 2.44. The lowest BCUT2D eigenvalue weighted by molar-refractivity contribution is -0.139. The van der Waals surface area contributed by atoms with Gasteiger partial charge in [-0.2, -0.15) is 0 Å². The first kappa shape index (κ1) is 15.8. The lowest BCUT2D eigenvalue weighted by atomic mass is 9.88. The van der Waals surface area contributed by atoms with E-state index in [-0.39, 0.29) is 23.3 Å². The van der Waals surface area contributed by atoms with Gasteiger partial charge in [0.1, 0.15) is 6.04 Å². The molecule has 1 aromatic rings. The summed E-state index contributed by atoms with van der Waals surface area (Å²) in [7, 11) is 0. The Hall–Kier alpha value is -1.63. The summed E-state index contributed by atoms with van der Waals surface area (Å²) in [5.41, 5.74) is 0.605. The maximum atomic E-state index is 11.9. The summed E-state index contributed by atoms with van der Waals surface area (Å²) in [4.78, 5) is 27.9. The molecule has 1 saturated heterocycles. The molecular formula is C14H21N3O3S. The minimum Gasteiger partial charge on any atom is -0.463 e. The van der Waals surface area contributed by atoms with Gasteiger partial charge in [0.15, 0.2) is 0 Å². The number of cyclic esters (lactones) is 1. The van der Waals surface area contributed by atoms with Crippen LogP contribution >= 0.6 is 11.3 Å². The number of nitrogens with zero attached hydrogens (tertiary/aromatic N) is 1. The van der Waals surface area contributed by atoms with Crippen molar-refractivity contribution in [3.8, 4) is 0 Å². The minimum absolute atomic E-state index is 0.137. The van der Waals surface area contributed by atoms with Crippen molar-refractivity contribution in [1.82, 2.24) is 15.6 Å². The average molecular weight is 311 g/mol. The number of aryl methyl sites for hydroxylation is 1. The number of carbonyl (C=O) groups excluding carboxylic acids is 2. The van der Waals surface area contributed by atoms with Crippen LogP contribution in [-0.4, -0.2) is 36.2 Å². The molecule has 7 heteroatoms. The van der Waals surface area contributed by atoms with Crippen LogP contribution in [-0.2, 0) is 9.53 Å². The van der Waals surface area contributed by atoms with Gasteiger partial charge in [-0.05, 0) is 6.92 Å². The molecule has 0 saturated carbocycles. The Labute approximate surface area is 128 Å². The third-order valence-corrected chi connectivity index (χ3v) is 4.70. The monoisotopic (exact) mass is 311 g/mol. The van der Waals surface area contributed by atoms with Gasteiger partial charge < -0.3 is 15.4 Å². The summed E-state index contributed by atoms with van der Waals surface area (Å²) in [5.74, 6) is -0.239. The highest BCUT2D eigenvalue weighted by Crippen LogP contribution is 2.28. The Morgan fingerprint density at radius 1 is 1.62 bits per heavy atom. The molecule has 0 spiro atoms. The molecular weight excluding hydrogens is 290 g/mol. The first-order valence-corrected chi connectivity index (χ1v) is 7.80. The van der Waals surface area contributed by atoms with E-state index in [1.165, 1.54) is 0 Å². The van der Waals surface area contributed by atoms with Crippen molar-refractivity contribution in [3.63, 3.8) is 0 Å². The second kappa shape index (κ2) is 6.01. The van der Waals surface area contributed by atoms with Crippen molar-refractivity contribution in [2.75, 3.05) is 13.2 Å². The van der Waals surface area contributed by atoms with Gasteiger partial charge in [-0.1, -0.05) is 20.8 Å². The first-order valence-electron chi connectivity index (χ1n) is 6.92. The van der Waals surface area contributed by atoms with E-state index >= 15 is 0 Å². The predicted molar refractivity (Wildman–Crippen MR) is 80.3 cm³/mol. The molecule has 1 aliphatic rings. The number of rotatable bonds is 4. The molecule has 1 aromatic heterocycles. The van der Waals surface area contributed by atoms with Crippen LogP contribution in [0, 0.1) is 12.3 Å². The number of hydrogen-bond acceptors (Lipinski definition) is 5.